The Morgan fingerprint density at radius 1 is 1.50 bits per heavy atom. The van der Waals surface area contributed by atoms with Crippen LogP contribution in [-0.4, -0.2) is 15.5 Å². The highest BCUT2D eigenvalue weighted by Gasteiger charge is 2.05. The maximum absolute atomic E-state index is 11.0. The summed E-state index contributed by atoms with van der Waals surface area (Å²) in [5.41, 5.74) is 0. The molecule has 0 aliphatic carbocycles. The summed E-state index contributed by atoms with van der Waals surface area (Å²) in [5, 5.41) is 4.84. The second-order valence-electron chi connectivity index (χ2n) is 2.06. The summed E-state index contributed by atoms with van der Waals surface area (Å²) in [6, 6.07) is 1.71. The minimum absolute atomic E-state index is 0.257. The number of hydrogen-bond acceptors (Lipinski definition) is 3. The lowest BCUT2D eigenvalue weighted by molar-refractivity contribution is 0.414. The third-order valence-electron chi connectivity index (χ3n) is 1.21. The topological polar surface area (TPSA) is 69.4 Å². The van der Waals surface area contributed by atoms with Crippen molar-refractivity contribution in [1.29, 1.82) is 0 Å². The number of nitrogens with two attached hydrogens (primary N) is 1. The lowest BCUT2D eigenvalue weighted by atomic mass is 10.3. The van der Waals surface area contributed by atoms with Crippen molar-refractivity contribution in [2.24, 2.45) is 5.14 Å². The fourth-order valence-corrected chi connectivity index (χ4v) is 1.09. The van der Waals surface area contributed by atoms with E-state index in [0.29, 0.717) is 0 Å². The van der Waals surface area contributed by atoms with Gasteiger partial charge in [0.25, 0.3) is 0 Å². The first-order valence-corrected chi connectivity index (χ1v) is 4.59. The number of methoxy groups -OCH3 is 1. The quantitative estimate of drug-likeness (QED) is 0.729. The molecular weight excluding hydrogens is 178 g/mol. The van der Waals surface area contributed by atoms with Crippen LogP contribution in [0.4, 0.5) is 0 Å². The normalized spacial score (nSPS) is 13.5. The van der Waals surface area contributed by atoms with Gasteiger partial charge in [0, 0.05) is 0 Å². The standard InChI is InChI=1S/C7H9NO3S/c1-11-6-2-4-7(5-3-6)12(8,9)10/h2-5H,1H3,(H2,8,9,10)/i4D,5D. The zero-order valence-corrected chi connectivity index (χ0v) is 7.18. The first-order valence-electron chi connectivity index (χ1n) is 4.04. The third kappa shape index (κ3) is 1.96. The maximum atomic E-state index is 11.0. The first-order chi connectivity index (χ1) is 6.36. The smallest absolute Gasteiger partial charge is 0.238 e. The molecule has 0 aromatic heterocycles. The van der Waals surface area contributed by atoms with Crippen molar-refractivity contribution in [2.75, 3.05) is 7.11 Å². The van der Waals surface area contributed by atoms with Gasteiger partial charge in [-0.15, -0.1) is 0 Å². The number of rotatable bonds is 2. The van der Waals surface area contributed by atoms with Crippen molar-refractivity contribution in [2.45, 2.75) is 4.90 Å². The summed E-state index contributed by atoms with van der Waals surface area (Å²) in [7, 11) is -2.65. The van der Waals surface area contributed by atoms with Gasteiger partial charge in [0.1, 0.15) is 5.75 Å². The molecule has 0 atom stereocenters. The Balaban J connectivity index is 3.48. The number of sulfonamides is 1. The average Bonchev–Trinajstić information content (AvgIpc) is 1.99. The van der Waals surface area contributed by atoms with Crippen LogP contribution >= 0.6 is 0 Å². The van der Waals surface area contributed by atoms with E-state index in [9.17, 15) is 8.42 Å². The summed E-state index contributed by atoms with van der Waals surface area (Å²) in [6.45, 7) is 0. The fraction of sp³-hybridized carbons (Fsp3) is 0.143. The van der Waals surface area contributed by atoms with E-state index in [-0.39, 0.29) is 17.8 Å². The van der Waals surface area contributed by atoms with E-state index in [2.05, 4.69) is 0 Å². The molecule has 0 aliphatic heterocycles. The number of hydrogen-bond donors (Lipinski definition) is 1. The van der Waals surface area contributed by atoms with E-state index in [1.807, 2.05) is 0 Å². The Hall–Kier alpha value is -1.07. The van der Waals surface area contributed by atoms with Crippen molar-refractivity contribution in [3.05, 3.63) is 24.2 Å². The summed E-state index contributed by atoms with van der Waals surface area (Å²) < 4.78 is 41.4. The van der Waals surface area contributed by atoms with Gasteiger partial charge >= 0.3 is 0 Å². The van der Waals surface area contributed by atoms with Gasteiger partial charge in [-0.25, -0.2) is 13.6 Å². The molecule has 1 aromatic rings. The van der Waals surface area contributed by atoms with Crippen LogP contribution in [0, 0.1) is 0 Å². The van der Waals surface area contributed by atoms with Gasteiger partial charge in [-0.2, -0.15) is 0 Å². The lowest BCUT2D eigenvalue weighted by Gasteiger charge is -2.00. The lowest BCUT2D eigenvalue weighted by Crippen LogP contribution is -2.11. The van der Waals surface area contributed by atoms with E-state index >= 15 is 0 Å². The highest BCUT2D eigenvalue weighted by molar-refractivity contribution is 7.89. The molecular formula is C7H9NO3S. The predicted octanol–water partition coefficient (Wildman–Crippen LogP) is 0.343. The van der Waals surface area contributed by atoms with Crippen molar-refractivity contribution in [3.63, 3.8) is 0 Å². The molecule has 0 bridgehead atoms. The highest BCUT2D eigenvalue weighted by atomic mass is 32.2. The molecule has 4 nitrogen and oxygen atoms in total. The molecule has 0 saturated heterocycles. The van der Waals surface area contributed by atoms with Gasteiger partial charge in [0.2, 0.25) is 10.0 Å². The predicted molar refractivity (Wildman–Crippen MR) is 44.4 cm³/mol. The van der Waals surface area contributed by atoms with Gasteiger partial charge < -0.3 is 4.74 Å². The van der Waals surface area contributed by atoms with E-state index < -0.39 is 14.9 Å². The molecule has 0 spiro atoms. The van der Waals surface area contributed by atoms with Crippen LogP contribution in [-0.2, 0) is 10.0 Å². The Morgan fingerprint density at radius 2 is 2.00 bits per heavy atom. The van der Waals surface area contributed by atoms with Gasteiger partial charge in [-0.1, -0.05) is 0 Å². The summed E-state index contributed by atoms with van der Waals surface area (Å²) >= 11 is 0. The zero-order chi connectivity index (χ0) is 10.9. The van der Waals surface area contributed by atoms with Crippen LogP contribution in [0.3, 0.4) is 0 Å². The van der Waals surface area contributed by atoms with E-state index in [4.69, 9.17) is 12.6 Å². The molecule has 0 aliphatic rings. The zero-order valence-electron chi connectivity index (χ0n) is 8.37. The Morgan fingerprint density at radius 3 is 2.33 bits per heavy atom. The SMILES string of the molecule is [2H]c1cc(OC)cc([2H])c1S(N)(=O)=O. The van der Waals surface area contributed by atoms with Crippen LogP contribution in [0.5, 0.6) is 5.75 Å². The van der Waals surface area contributed by atoms with Crippen LogP contribution in [0.25, 0.3) is 0 Å². The second-order valence-corrected chi connectivity index (χ2v) is 3.56. The van der Waals surface area contributed by atoms with Crippen LogP contribution in [0.15, 0.2) is 29.1 Å². The monoisotopic (exact) mass is 189 g/mol. The van der Waals surface area contributed by atoms with Crippen molar-refractivity contribution in [3.8, 4) is 5.75 Å². The molecule has 0 saturated carbocycles. The average molecular weight is 189 g/mol. The third-order valence-corrected chi connectivity index (χ3v) is 2.02. The van der Waals surface area contributed by atoms with Gasteiger partial charge in [-0.3, -0.25) is 0 Å². The van der Waals surface area contributed by atoms with Gasteiger partial charge in [-0.05, 0) is 24.2 Å². The molecule has 0 unspecified atom stereocenters. The van der Waals surface area contributed by atoms with E-state index in [0.717, 1.165) is 0 Å². The Bertz CT molecular complexity index is 435. The van der Waals surface area contributed by atoms with Gasteiger partial charge in [0.05, 0.1) is 14.7 Å². The van der Waals surface area contributed by atoms with E-state index in [1.165, 1.54) is 19.2 Å². The van der Waals surface area contributed by atoms with Gasteiger partial charge in [0.15, 0.2) is 0 Å². The molecule has 1 rings (SSSR count). The molecule has 0 amide bonds. The molecule has 12 heavy (non-hydrogen) atoms. The Kier molecular flexibility index (Phi) is 1.68. The molecule has 0 radical (unpaired) electrons. The second kappa shape index (κ2) is 3.12. The molecule has 5 heteroatoms. The largest absolute Gasteiger partial charge is 0.497 e. The summed E-state index contributed by atoms with van der Waals surface area (Å²) in [5.74, 6) is 0.257. The summed E-state index contributed by atoms with van der Waals surface area (Å²) in [6.07, 6.45) is 0. The van der Waals surface area contributed by atoms with Crippen LogP contribution in [0.1, 0.15) is 2.74 Å². The minimum Gasteiger partial charge on any atom is -0.497 e. The van der Waals surface area contributed by atoms with Crippen molar-refractivity contribution < 1.29 is 15.9 Å². The molecule has 0 heterocycles. The van der Waals surface area contributed by atoms with Crippen LogP contribution in [0.2, 0.25) is 0 Å². The van der Waals surface area contributed by atoms with Crippen molar-refractivity contribution in [1.82, 2.24) is 0 Å². The Labute approximate surface area is 73.8 Å². The molecule has 2 N–H and O–H groups in total. The number of ether oxygens (including phenoxy) is 1. The molecule has 0 fully saturated rings. The first kappa shape index (κ1) is 6.45. The fourth-order valence-electron chi connectivity index (χ4n) is 0.639. The van der Waals surface area contributed by atoms with Crippen LogP contribution < -0.4 is 9.88 Å². The molecule has 66 valence electrons. The maximum Gasteiger partial charge on any atom is 0.238 e. The van der Waals surface area contributed by atoms with E-state index in [1.54, 1.807) is 0 Å². The minimum atomic E-state index is -4.02. The highest BCUT2D eigenvalue weighted by Crippen LogP contribution is 2.13. The summed E-state index contributed by atoms with van der Waals surface area (Å²) in [4.78, 5) is -0.488. The molecule has 1 aromatic carbocycles. The number of benzene rings is 1. The number of primary sulfonamides is 1. The van der Waals surface area contributed by atoms with Crippen molar-refractivity contribution >= 4 is 10.0 Å².